The average molecular weight is 1060 g/mol. The van der Waals surface area contributed by atoms with E-state index in [1.165, 1.54) is 28.8 Å². The first kappa shape index (κ1) is 50.5. The van der Waals surface area contributed by atoms with Crippen molar-refractivity contribution < 1.29 is 105 Å². The summed E-state index contributed by atoms with van der Waals surface area (Å²) in [5.74, 6) is -34.5. The first-order valence-corrected chi connectivity index (χ1v) is 20.7. The number of methoxy groups -OCH3 is 4. The van der Waals surface area contributed by atoms with E-state index < -0.39 is 150 Å². The zero-order chi connectivity index (χ0) is 54.2. The van der Waals surface area contributed by atoms with Crippen LogP contribution in [-0.4, -0.2) is 50.7 Å². The van der Waals surface area contributed by atoms with E-state index >= 15 is 0 Å². The number of benzene rings is 6. The molecule has 0 N–H and O–H groups in total. The van der Waals surface area contributed by atoms with Crippen LogP contribution in [0.5, 0.6) is 40.2 Å². The van der Waals surface area contributed by atoms with Crippen molar-refractivity contribution in [3.05, 3.63) is 164 Å². The highest BCUT2D eigenvalue weighted by Gasteiger charge is 2.32. The molecule has 0 spiro atoms. The minimum atomic E-state index is -2.35. The second-order valence-corrected chi connectivity index (χ2v) is 15.5. The maximum absolute atomic E-state index is 15.0. The highest BCUT2D eigenvalue weighted by molar-refractivity contribution is 6.22. The van der Waals surface area contributed by atoms with Crippen LogP contribution >= 0.6 is 0 Å². The van der Waals surface area contributed by atoms with Crippen LogP contribution in [-0.2, 0) is 0 Å². The van der Waals surface area contributed by atoms with Crippen molar-refractivity contribution in [2.75, 3.05) is 28.4 Å². The summed E-state index contributed by atoms with van der Waals surface area (Å²) in [5.41, 5.74) is -6.33. The molecule has 3 heterocycles. The Labute approximate surface area is 408 Å². The Balaban J connectivity index is 1.33. The lowest BCUT2D eigenvalue weighted by atomic mass is 9.97. The largest absolute Gasteiger partial charge is 0.493 e. The van der Waals surface area contributed by atoms with Gasteiger partial charge in [0.2, 0.25) is 5.75 Å². The molecule has 0 bridgehead atoms. The van der Waals surface area contributed by atoms with Crippen LogP contribution in [0.4, 0.5) is 52.7 Å². The maximum atomic E-state index is 15.0. The third kappa shape index (κ3) is 8.11. The van der Waals surface area contributed by atoms with Gasteiger partial charge in [0.1, 0.15) is 27.8 Å². The number of pyridine rings is 1. The van der Waals surface area contributed by atoms with Gasteiger partial charge in [-0.05, 0) is 54.1 Å². The summed E-state index contributed by atoms with van der Waals surface area (Å²) >= 11 is 0. The van der Waals surface area contributed by atoms with Crippen LogP contribution in [0.3, 0.4) is 0 Å². The number of ether oxygens (including phenoxy) is 7. The lowest BCUT2D eigenvalue weighted by Gasteiger charge is -2.17. The fraction of sp³-hybridized carbons (Fsp3) is 0.0800. The van der Waals surface area contributed by atoms with Crippen molar-refractivity contribution in [2.24, 2.45) is 0 Å². The zero-order valence-electron chi connectivity index (χ0n) is 37.7. The molecular formula is C50H23F12NO12. The van der Waals surface area contributed by atoms with E-state index in [1.807, 2.05) is 0 Å². The topological polar surface area (TPSA) is 150 Å². The quantitative estimate of drug-likeness (QED) is 0.0303. The lowest BCUT2D eigenvalue weighted by molar-refractivity contribution is 0.0713. The summed E-state index contributed by atoms with van der Waals surface area (Å²) in [6.45, 7) is 0. The van der Waals surface area contributed by atoms with Crippen LogP contribution in [0.2, 0.25) is 0 Å². The number of esters is 3. The second-order valence-electron chi connectivity index (χ2n) is 15.5. The van der Waals surface area contributed by atoms with Crippen molar-refractivity contribution >= 4 is 56.1 Å². The second kappa shape index (κ2) is 18.9. The van der Waals surface area contributed by atoms with Crippen LogP contribution < -0.4 is 38.8 Å². The first-order chi connectivity index (χ1) is 35.6. The molecule has 0 aliphatic heterocycles. The molecule has 0 aliphatic carbocycles. The van der Waals surface area contributed by atoms with Gasteiger partial charge < -0.3 is 42.0 Å². The van der Waals surface area contributed by atoms with Crippen molar-refractivity contribution in [1.29, 1.82) is 0 Å². The molecule has 9 aromatic rings. The number of fused-ring (bicyclic) bond motifs is 7. The molecule has 25 heteroatoms. The van der Waals surface area contributed by atoms with Crippen LogP contribution in [0, 0.1) is 69.8 Å². The molecule has 0 radical (unpaired) electrons. The van der Waals surface area contributed by atoms with E-state index in [2.05, 4.69) is 0 Å². The SMILES string of the molecule is COc1cc(-c2c3c4cc(OC)c(OC(=O)c5cc(F)c(F)c(F)c5F)cc4oc(=O)c3n3ccc4c(OC(=O)c5cc(F)c(F)c(F)c5F)c(OC)c(OC)cc4c23)ccc1OC(=O)c1cc(F)c(F)c(F)c1F. The van der Waals surface area contributed by atoms with E-state index in [0.717, 1.165) is 52.7 Å². The Bertz CT molecular complexity index is 4070. The molecule has 3 aromatic heterocycles. The van der Waals surface area contributed by atoms with Gasteiger partial charge in [-0.1, -0.05) is 6.07 Å². The van der Waals surface area contributed by atoms with Gasteiger partial charge in [0.25, 0.3) is 0 Å². The normalized spacial score (nSPS) is 11.4. The standard InChI is InChI=1S/C50H23F12NO12/c1-68-28-9-16(5-6-26(28)72-47(64)20-10-23(51)37(57)40(60)34(20)54)32-33-19-14-29(69-2)30(74-48(65)21-11-24(52)38(58)41(61)35(21)55)15-27(19)73-50(67)44(33)63-8-7-17-18(43(32)63)13-31(70-3)46(71-4)45(17)75-49(66)22-12-25(53)39(59)42(62)36(22)56/h5-15H,1-4H3. The summed E-state index contributed by atoms with van der Waals surface area (Å²) in [4.78, 5) is 54.2. The number of rotatable bonds is 11. The Morgan fingerprint density at radius 2 is 0.920 bits per heavy atom. The smallest absolute Gasteiger partial charge is 0.361 e. The summed E-state index contributed by atoms with van der Waals surface area (Å²) < 4.78 is 216. The molecule has 13 nitrogen and oxygen atoms in total. The van der Waals surface area contributed by atoms with Crippen LogP contribution in [0.1, 0.15) is 31.1 Å². The van der Waals surface area contributed by atoms with Gasteiger partial charge in [-0.2, -0.15) is 0 Å². The van der Waals surface area contributed by atoms with E-state index in [9.17, 15) is 71.9 Å². The van der Waals surface area contributed by atoms with Gasteiger partial charge >= 0.3 is 23.5 Å². The molecule has 0 aliphatic rings. The van der Waals surface area contributed by atoms with Crippen molar-refractivity contribution in [3.63, 3.8) is 0 Å². The lowest BCUT2D eigenvalue weighted by Crippen LogP contribution is -2.15. The highest BCUT2D eigenvalue weighted by atomic mass is 19.2. The molecule has 0 saturated carbocycles. The third-order valence-electron chi connectivity index (χ3n) is 11.5. The Hall–Kier alpha value is -9.42. The summed E-state index contributed by atoms with van der Waals surface area (Å²) in [6.07, 6.45) is 1.21. The van der Waals surface area contributed by atoms with Crippen LogP contribution in [0.15, 0.2) is 76.1 Å². The number of nitrogens with zero attached hydrogens (tertiary/aromatic N) is 1. The van der Waals surface area contributed by atoms with Gasteiger partial charge in [0.05, 0.1) is 34.0 Å². The van der Waals surface area contributed by atoms with E-state index in [0.29, 0.717) is 0 Å². The minimum Gasteiger partial charge on any atom is -0.493 e. The summed E-state index contributed by atoms with van der Waals surface area (Å²) in [7, 11) is 4.30. The maximum Gasteiger partial charge on any atom is 0.361 e. The van der Waals surface area contributed by atoms with E-state index in [-0.39, 0.29) is 67.7 Å². The number of halogens is 12. The summed E-state index contributed by atoms with van der Waals surface area (Å²) in [6, 6.07) is 7.98. The molecule has 0 atom stereocenters. The fourth-order valence-corrected chi connectivity index (χ4v) is 8.07. The van der Waals surface area contributed by atoms with Crippen molar-refractivity contribution in [3.8, 4) is 51.4 Å². The number of aromatic nitrogens is 1. The zero-order valence-corrected chi connectivity index (χ0v) is 37.7. The van der Waals surface area contributed by atoms with Crippen LogP contribution in [0.25, 0.3) is 49.3 Å². The predicted octanol–water partition coefficient (Wildman–Crippen LogP) is 11.4. The van der Waals surface area contributed by atoms with Gasteiger partial charge in [-0.25, -0.2) is 71.9 Å². The molecule has 0 saturated heterocycles. The van der Waals surface area contributed by atoms with E-state index in [1.54, 1.807) is 0 Å². The van der Waals surface area contributed by atoms with Crippen molar-refractivity contribution in [2.45, 2.75) is 0 Å². The number of carbonyl (C=O) groups is 3. The molecule has 9 rings (SSSR count). The number of carbonyl (C=O) groups excluding carboxylic acids is 3. The fourth-order valence-electron chi connectivity index (χ4n) is 8.07. The molecule has 6 aromatic carbocycles. The molecular weight excluding hydrogens is 1030 g/mol. The van der Waals surface area contributed by atoms with Gasteiger partial charge in [-0.3, -0.25) is 0 Å². The molecule has 0 fully saturated rings. The van der Waals surface area contributed by atoms with E-state index in [4.69, 9.17) is 37.6 Å². The highest BCUT2D eigenvalue weighted by Crippen LogP contribution is 2.50. The average Bonchev–Trinajstić information content (AvgIpc) is 3.81. The van der Waals surface area contributed by atoms with Gasteiger partial charge in [-0.15, -0.1) is 0 Å². The third-order valence-corrected chi connectivity index (χ3v) is 11.5. The molecule has 384 valence electrons. The molecule has 0 amide bonds. The summed E-state index contributed by atoms with van der Waals surface area (Å²) in [5, 5.41) is -0.457. The van der Waals surface area contributed by atoms with Gasteiger partial charge in [0.15, 0.2) is 104 Å². The number of hydrogen-bond donors (Lipinski definition) is 0. The predicted molar refractivity (Wildman–Crippen MR) is 234 cm³/mol. The van der Waals surface area contributed by atoms with Crippen molar-refractivity contribution in [1.82, 2.24) is 4.40 Å². The Morgan fingerprint density at radius 3 is 1.43 bits per heavy atom. The number of hydrogen-bond acceptors (Lipinski definition) is 12. The Kier molecular flexibility index (Phi) is 12.7. The minimum absolute atomic E-state index is 0.0233. The molecule has 0 unspecified atom stereocenters. The monoisotopic (exact) mass is 1060 g/mol. The molecule has 75 heavy (non-hydrogen) atoms. The van der Waals surface area contributed by atoms with Gasteiger partial charge in [0, 0.05) is 39.4 Å². The Morgan fingerprint density at radius 1 is 0.440 bits per heavy atom. The first-order valence-electron chi connectivity index (χ1n) is 20.7.